The van der Waals surface area contributed by atoms with Crippen LogP contribution in [-0.2, 0) is 6.42 Å². The minimum atomic E-state index is 0.378. The van der Waals surface area contributed by atoms with Gasteiger partial charge in [0.25, 0.3) is 0 Å². The van der Waals surface area contributed by atoms with Crippen LogP contribution in [0.2, 0.25) is 0 Å². The van der Waals surface area contributed by atoms with Crippen LogP contribution in [0.1, 0.15) is 71.4 Å². The number of hydrogen-bond acceptors (Lipinski definition) is 0. The van der Waals surface area contributed by atoms with Crippen molar-refractivity contribution in [2.24, 2.45) is 11.3 Å². The molecule has 0 heterocycles. The van der Waals surface area contributed by atoms with Gasteiger partial charge in [-0.25, -0.2) is 0 Å². The lowest BCUT2D eigenvalue weighted by Crippen LogP contribution is -2.22. The largest absolute Gasteiger partial charge is 0.0651 e. The van der Waals surface area contributed by atoms with E-state index in [2.05, 4.69) is 65.8 Å². The van der Waals surface area contributed by atoms with Crippen molar-refractivity contribution in [3.05, 3.63) is 35.4 Å². The Morgan fingerprint density at radius 2 is 1.56 bits per heavy atom. The standard InChI is InChI=1S/C18H30/c1-7-14(3)13-18(5,6)15(4)17-11-9-16(8-2)10-12-17/h9-12,14-15H,7-8,13H2,1-6H3. The summed E-state index contributed by atoms with van der Waals surface area (Å²) in [6, 6.07) is 9.21. The van der Waals surface area contributed by atoms with Gasteiger partial charge >= 0.3 is 0 Å². The number of rotatable bonds is 6. The van der Waals surface area contributed by atoms with Crippen LogP contribution in [0.15, 0.2) is 24.3 Å². The predicted molar refractivity (Wildman–Crippen MR) is 82.1 cm³/mol. The van der Waals surface area contributed by atoms with Crippen molar-refractivity contribution in [1.29, 1.82) is 0 Å². The summed E-state index contributed by atoms with van der Waals surface area (Å²) in [7, 11) is 0. The highest BCUT2D eigenvalue weighted by Crippen LogP contribution is 2.40. The lowest BCUT2D eigenvalue weighted by atomic mass is 9.70. The molecule has 0 radical (unpaired) electrons. The van der Waals surface area contributed by atoms with Crippen LogP contribution in [0.3, 0.4) is 0 Å². The maximum absolute atomic E-state index is 2.41. The number of aryl methyl sites for hydroxylation is 1. The van der Waals surface area contributed by atoms with Crippen molar-refractivity contribution in [2.75, 3.05) is 0 Å². The molecule has 0 saturated heterocycles. The Balaban J connectivity index is 2.80. The summed E-state index contributed by atoms with van der Waals surface area (Å²) in [5, 5.41) is 0. The molecule has 2 atom stereocenters. The van der Waals surface area contributed by atoms with Crippen molar-refractivity contribution in [2.45, 2.75) is 66.7 Å². The molecular formula is C18H30. The summed E-state index contributed by atoms with van der Waals surface area (Å²) in [6.45, 7) is 14.1. The van der Waals surface area contributed by atoms with Gasteiger partial charge in [0.1, 0.15) is 0 Å². The van der Waals surface area contributed by atoms with E-state index in [1.54, 1.807) is 0 Å². The van der Waals surface area contributed by atoms with Crippen molar-refractivity contribution in [3.8, 4) is 0 Å². The van der Waals surface area contributed by atoms with Gasteiger partial charge in [-0.05, 0) is 41.2 Å². The highest BCUT2D eigenvalue weighted by Gasteiger charge is 2.28. The normalized spacial score (nSPS) is 15.4. The molecule has 0 aliphatic carbocycles. The molecule has 0 nitrogen and oxygen atoms in total. The fourth-order valence-electron chi connectivity index (χ4n) is 2.71. The first-order chi connectivity index (χ1) is 8.40. The van der Waals surface area contributed by atoms with Gasteiger partial charge in [-0.15, -0.1) is 0 Å². The van der Waals surface area contributed by atoms with E-state index in [1.807, 2.05) is 0 Å². The Morgan fingerprint density at radius 1 is 1.00 bits per heavy atom. The van der Waals surface area contributed by atoms with Crippen LogP contribution < -0.4 is 0 Å². The maximum atomic E-state index is 2.41. The average Bonchev–Trinajstić information content (AvgIpc) is 2.37. The first-order valence-electron chi connectivity index (χ1n) is 7.49. The molecule has 0 fully saturated rings. The third-order valence-corrected chi connectivity index (χ3v) is 4.63. The van der Waals surface area contributed by atoms with Gasteiger partial charge in [0, 0.05) is 0 Å². The van der Waals surface area contributed by atoms with Crippen molar-refractivity contribution in [3.63, 3.8) is 0 Å². The Kier molecular flexibility index (Phi) is 5.44. The molecule has 1 rings (SSSR count). The van der Waals surface area contributed by atoms with E-state index in [0.29, 0.717) is 11.3 Å². The molecule has 1 aromatic carbocycles. The smallest absolute Gasteiger partial charge is 0.0139 e. The zero-order valence-electron chi connectivity index (χ0n) is 13.1. The second-order valence-electron chi connectivity index (χ2n) is 6.52. The van der Waals surface area contributed by atoms with E-state index >= 15 is 0 Å². The molecule has 1 aromatic rings. The number of benzene rings is 1. The summed E-state index contributed by atoms with van der Waals surface area (Å²) in [6.07, 6.45) is 3.72. The van der Waals surface area contributed by atoms with Crippen LogP contribution in [0.4, 0.5) is 0 Å². The highest BCUT2D eigenvalue weighted by molar-refractivity contribution is 5.26. The van der Waals surface area contributed by atoms with E-state index < -0.39 is 0 Å². The summed E-state index contributed by atoms with van der Waals surface area (Å²) in [5.41, 5.74) is 3.30. The van der Waals surface area contributed by atoms with Gasteiger partial charge < -0.3 is 0 Å². The minimum absolute atomic E-state index is 0.378. The van der Waals surface area contributed by atoms with Crippen LogP contribution >= 0.6 is 0 Å². The molecule has 0 amide bonds. The van der Waals surface area contributed by atoms with Gasteiger partial charge in [0.15, 0.2) is 0 Å². The summed E-state index contributed by atoms with van der Waals surface area (Å²) in [5.74, 6) is 1.44. The van der Waals surface area contributed by atoms with Crippen molar-refractivity contribution >= 4 is 0 Å². The van der Waals surface area contributed by atoms with Gasteiger partial charge in [0.2, 0.25) is 0 Å². The van der Waals surface area contributed by atoms with Gasteiger partial charge in [0.05, 0.1) is 0 Å². The molecule has 0 spiro atoms. The SMILES string of the molecule is CCc1ccc(C(C)C(C)(C)CC(C)CC)cc1. The molecule has 102 valence electrons. The molecular weight excluding hydrogens is 216 g/mol. The quantitative estimate of drug-likeness (QED) is 0.593. The molecule has 0 aliphatic rings. The molecule has 0 aliphatic heterocycles. The second kappa shape index (κ2) is 6.41. The van der Waals surface area contributed by atoms with E-state index in [4.69, 9.17) is 0 Å². The molecule has 0 heteroatoms. The van der Waals surface area contributed by atoms with Gasteiger partial charge in [-0.1, -0.05) is 72.2 Å². The van der Waals surface area contributed by atoms with Gasteiger partial charge in [-0.3, -0.25) is 0 Å². The monoisotopic (exact) mass is 246 g/mol. The zero-order chi connectivity index (χ0) is 13.8. The Hall–Kier alpha value is -0.780. The fourth-order valence-corrected chi connectivity index (χ4v) is 2.71. The van der Waals surface area contributed by atoms with E-state index in [9.17, 15) is 0 Å². The summed E-state index contributed by atoms with van der Waals surface area (Å²) < 4.78 is 0. The second-order valence-corrected chi connectivity index (χ2v) is 6.52. The number of hydrogen-bond donors (Lipinski definition) is 0. The topological polar surface area (TPSA) is 0 Å². The van der Waals surface area contributed by atoms with Crippen LogP contribution in [0.25, 0.3) is 0 Å². The Labute approximate surface area is 114 Å². The van der Waals surface area contributed by atoms with E-state index in [1.165, 1.54) is 24.0 Å². The molecule has 18 heavy (non-hydrogen) atoms. The lowest BCUT2D eigenvalue weighted by Gasteiger charge is -2.34. The summed E-state index contributed by atoms with van der Waals surface area (Å²) in [4.78, 5) is 0. The first kappa shape index (κ1) is 15.3. The summed E-state index contributed by atoms with van der Waals surface area (Å²) >= 11 is 0. The first-order valence-corrected chi connectivity index (χ1v) is 7.49. The highest BCUT2D eigenvalue weighted by atomic mass is 14.3. The van der Waals surface area contributed by atoms with E-state index in [0.717, 1.165) is 12.3 Å². The van der Waals surface area contributed by atoms with Crippen molar-refractivity contribution < 1.29 is 0 Å². The average molecular weight is 246 g/mol. The van der Waals surface area contributed by atoms with Crippen LogP contribution in [-0.4, -0.2) is 0 Å². The minimum Gasteiger partial charge on any atom is -0.0651 e. The molecule has 2 unspecified atom stereocenters. The van der Waals surface area contributed by atoms with Crippen LogP contribution in [0, 0.1) is 11.3 Å². The fraction of sp³-hybridized carbons (Fsp3) is 0.667. The van der Waals surface area contributed by atoms with Crippen LogP contribution in [0.5, 0.6) is 0 Å². The lowest BCUT2D eigenvalue weighted by molar-refractivity contribution is 0.229. The third-order valence-electron chi connectivity index (χ3n) is 4.63. The zero-order valence-corrected chi connectivity index (χ0v) is 13.1. The van der Waals surface area contributed by atoms with Crippen molar-refractivity contribution in [1.82, 2.24) is 0 Å². The Morgan fingerprint density at radius 3 is 2.00 bits per heavy atom. The molecule has 0 N–H and O–H groups in total. The van der Waals surface area contributed by atoms with Gasteiger partial charge in [-0.2, -0.15) is 0 Å². The van der Waals surface area contributed by atoms with E-state index in [-0.39, 0.29) is 0 Å². The third kappa shape index (κ3) is 3.86. The molecule has 0 saturated carbocycles. The molecule has 0 aromatic heterocycles. The molecule has 0 bridgehead atoms. The Bertz CT molecular complexity index is 345. The maximum Gasteiger partial charge on any atom is -0.0139 e. The predicted octanol–water partition coefficient (Wildman–Crippen LogP) is 5.81.